The Morgan fingerprint density at radius 2 is 1.12 bits per heavy atom. The van der Waals surface area contributed by atoms with Crippen LogP contribution in [0.5, 0.6) is 0 Å². The minimum atomic E-state index is -0.594. The highest BCUT2D eigenvalue weighted by atomic mass is 32.2. The first-order valence-corrected chi connectivity index (χ1v) is 13.9. The van der Waals surface area contributed by atoms with Gasteiger partial charge in [-0.2, -0.15) is 0 Å². The summed E-state index contributed by atoms with van der Waals surface area (Å²) >= 11 is 1.32. The van der Waals surface area contributed by atoms with E-state index < -0.39 is 29.4 Å². The Bertz CT molecular complexity index is 1450. The van der Waals surface area contributed by atoms with Crippen LogP contribution in [0.2, 0.25) is 0 Å². The summed E-state index contributed by atoms with van der Waals surface area (Å²) in [4.78, 5) is 37.3. The standard InChI is InChI=1S/C33H28O6S/c1-22(34)38-31-20-29(39-33(36)28-18-14-26(15-19-28)24-10-6-3-7-11-24)30(40-31)21-37-32(35)27-16-12-25(13-17-27)23-8-4-2-5-9-23/h2-19,29-31H,20-21H2,1H3/t29?,30-,31?/m0/s1. The van der Waals surface area contributed by atoms with Crippen molar-refractivity contribution in [3.8, 4) is 22.3 Å². The van der Waals surface area contributed by atoms with E-state index in [1.165, 1.54) is 18.7 Å². The lowest BCUT2D eigenvalue weighted by atomic mass is 10.0. The van der Waals surface area contributed by atoms with E-state index in [2.05, 4.69) is 0 Å². The van der Waals surface area contributed by atoms with Crippen LogP contribution in [0.1, 0.15) is 34.1 Å². The van der Waals surface area contributed by atoms with Crippen LogP contribution in [-0.4, -0.2) is 41.3 Å². The Morgan fingerprint density at radius 1 is 0.650 bits per heavy atom. The van der Waals surface area contributed by atoms with E-state index in [9.17, 15) is 14.4 Å². The summed E-state index contributed by atoms with van der Waals surface area (Å²) in [6.07, 6.45) is -0.282. The predicted molar refractivity (Wildman–Crippen MR) is 155 cm³/mol. The maximum Gasteiger partial charge on any atom is 0.338 e. The first kappa shape index (κ1) is 27.2. The van der Waals surface area contributed by atoms with E-state index in [-0.39, 0.29) is 11.9 Å². The molecular weight excluding hydrogens is 524 g/mol. The number of hydrogen-bond donors (Lipinski definition) is 0. The third kappa shape index (κ3) is 6.79. The Morgan fingerprint density at radius 3 is 1.62 bits per heavy atom. The van der Waals surface area contributed by atoms with E-state index >= 15 is 0 Å². The van der Waals surface area contributed by atoms with Gasteiger partial charge in [0.2, 0.25) is 0 Å². The van der Waals surface area contributed by atoms with E-state index in [0.717, 1.165) is 22.3 Å². The monoisotopic (exact) mass is 552 g/mol. The number of carbonyl (C=O) groups is 3. The van der Waals surface area contributed by atoms with Gasteiger partial charge in [-0.05, 0) is 46.5 Å². The molecule has 0 saturated carbocycles. The zero-order valence-electron chi connectivity index (χ0n) is 21.9. The normalized spacial score (nSPS) is 18.1. The minimum Gasteiger partial charge on any atom is -0.461 e. The fourth-order valence-corrected chi connectivity index (χ4v) is 5.89. The lowest BCUT2D eigenvalue weighted by Crippen LogP contribution is -2.29. The largest absolute Gasteiger partial charge is 0.461 e. The van der Waals surface area contributed by atoms with Crippen LogP contribution >= 0.6 is 11.8 Å². The van der Waals surface area contributed by atoms with Crippen molar-refractivity contribution < 1.29 is 28.6 Å². The van der Waals surface area contributed by atoms with Crippen LogP contribution in [0.3, 0.4) is 0 Å². The molecule has 6 nitrogen and oxygen atoms in total. The molecule has 0 aromatic heterocycles. The number of esters is 3. The number of benzene rings is 4. The smallest absolute Gasteiger partial charge is 0.338 e. The van der Waals surface area contributed by atoms with Crippen LogP contribution in [0.25, 0.3) is 22.3 Å². The molecule has 0 spiro atoms. The van der Waals surface area contributed by atoms with Gasteiger partial charge in [0.1, 0.15) is 12.7 Å². The molecular formula is C33H28O6S. The van der Waals surface area contributed by atoms with Crippen LogP contribution < -0.4 is 0 Å². The molecule has 1 saturated heterocycles. The maximum atomic E-state index is 13.0. The molecule has 4 aromatic rings. The molecule has 1 aliphatic heterocycles. The van der Waals surface area contributed by atoms with Crippen molar-refractivity contribution in [3.63, 3.8) is 0 Å². The molecule has 0 bridgehead atoms. The quantitative estimate of drug-likeness (QED) is 0.176. The van der Waals surface area contributed by atoms with Gasteiger partial charge < -0.3 is 14.2 Å². The molecule has 0 N–H and O–H groups in total. The lowest BCUT2D eigenvalue weighted by Gasteiger charge is -2.19. The number of ether oxygens (including phenoxy) is 3. The molecule has 5 rings (SSSR count). The highest BCUT2D eigenvalue weighted by Gasteiger charge is 2.40. The topological polar surface area (TPSA) is 78.9 Å². The molecule has 0 amide bonds. The fraction of sp³-hybridized carbons (Fsp3) is 0.182. The van der Waals surface area contributed by atoms with Crippen molar-refractivity contribution in [2.24, 2.45) is 0 Å². The molecule has 3 atom stereocenters. The molecule has 1 aliphatic rings. The van der Waals surface area contributed by atoms with Crippen LogP contribution in [0, 0.1) is 0 Å². The van der Waals surface area contributed by atoms with Crippen molar-refractivity contribution in [1.29, 1.82) is 0 Å². The van der Waals surface area contributed by atoms with Gasteiger partial charge in [0, 0.05) is 13.3 Å². The fourth-order valence-electron chi connectivity index (χ4n) is 4.52. The van der Waals surface area contributed by atoms with E-state index in [0.29, 0.717) is 17.5 Å². The Kier molecular flexibility index (Phi) is 8.62. The van der Waals surface area contributed by atoms with Crippen LogP contribution in [-0.2, 0) is 19.0 Å². The van der Waals surface area contributed by atoms with Crippen molar-refractivity contribution in [1.82, 2.24) is 0 Å². The minimum absolute atomic E-state index is 0.00654. The van der Waals surface area contributed by atoms with Crippen molar-refractivity contribution in [2.75, 3.05) is 6.61 Å². The highest BCUT2D eigenvalue weighted by Crippen LogP contribution is 2.37. The second kappa shape index (κ2) is 12.7. The van der Waals surface area contributed by atoms with Gasteiger partial charge in [0.15, 0.2) is 5.44 Å². The van der Waals surface area contributed by atoms with Crippen LogP contribution in [0.4, 0.5) is 0 Å². The van der Waals surface area contributed by atoms with Gasteiger partial charge in [-0.15, -0.1) is 11.8 Å². The van der Waals surface area contributed by atoms with Crippen molar-refractivity contribution in [3.05, 3.63) is 120 Å². The average Bonchev–Trinajstić information content (AvgIpc) is 3.36. The zero-order chi connectivity index (χ0) is 27.9. The van der Waals surface area contributed by atoms with Gasteiger partial charge in [-0.3, -0.25) is 4.79 Å². The SMILES string of the molecule is CC(=O)OC1CC(OC(=O)c2ccc(-c3ccccc3)cc2)[C@H](COC(=O)c2ccc(-c3ccccc3)cc2)S1. The summed E-state index contributed by atoms with van der Waals surface area (Å²) in [6, 6.07) is 34.2. The maximum absolute atomic E-state index is 13.0. The molecule has 40 heavy (non-hydrogen) atoms. The van der Waals surface area contributed by atoms with E-state index in [4.69, 9.17) is 14.2 Å². The molecule has 202 valence electrons. The average molecular weight is 553 g/mol. The van der Waals surface area contributed by atoms with E-state index in [1.54, 1.807) is 24.3 Å². The summed E-state index contributed by atoms with van der Waals surface area (Å²) in [5, 5.41) is -0.385. The molecule has 0 radical (unpaired) electrons. The summed E-state index contributed by atoms with van der Waals surface area (Å²) in [5.41, 5.74) is 4.43. The van der Waals surface area contributed by atoms with Gasteiger partial charge in [-0.1, -0.05) is 84.9 Å². The summed E-state index contributed by atoms with van der Waals surface area (Å²) in [6.45, 7) is 1.34. The molecule has 1 fully saturated rings. The highest BCUT2D eigenvalue weighted by molar-refractivity contribution is 8.00. The van der Waals surface area contributed by atoms with Gasteiger partial charge >= 0.3 is 17.9 Å². The Labute approximate surface area is 237 Å². The predicted octanol–water partition coefficient (Wildman–Crippen LogP) is 6.80. The third-order valence-electron chi connectivity index (χ3n) is 6.56. The molecule has 7 heteroatoms. The summed E-state index contributed by atoms with van der Waals surface area (Å²) in [7, 11) is 0. The van der Waals surface area contributed by atoms with Crippen molar-refractivity contribution >= 4 is 29.7 Å². The summed E-state index contributed by atoms with van der Waals surface area (Å²) in [5.74, 6) is -1.38. The second-order valence-electron chi connectivity index (χ2n) is 9.38. The van der Waals surface area contributed by atoms with Crippen molar-refractivity contribution in [2.45, 2.75) is 30.1 Å². The number of hydrogen-bond acceptors (Lipinski definition) is 7. The molecule has 0 aliphatic carbocycles. The van der Waals surface area contributed by atoms with Crippen LogP contribution in [0.15, 0.2) is 109 Å². The number of carbonyl (C=O) groups excluding carboxylic acids is 3. The zero-order valence-corrected chi connectivity index (χ0v) is 22.7. The Hall–Kier alpha value is -4.36. The summed E-state index contributed by atoms with van der Waals surface area (Å²) < 4.78 is 16.8. The Balaban J connectivity index is 1.22. The molecule has 1 heterocycles. The second-order valence-corrected chi connectivity index (χ2v) is 10.8. The number of rotatable bonds is 8. The van der Waals surface area contributed by atoms with Gasteiger partial charge in [-0.25, -0.2) is 9.59 Å². The molecule has 4 aromatic carbocycles. The van der Waals surface area contributed by atoms with Gasteiger partial charge in [0.05, 0.1) is 16.4 Å². The van der Waals surface area contributed by atoms with Gasteiger partial charge in [0.25, 0.3) is 0 Å². The van der Waals surface area contributed by atoms with E-state index in [1.807, 2.05) is 84.9 Å². The number of thioether (sulfide) groups is 1. The molecule has 2 unspecified atom stereocenters. The first-order valence-electron chi connectivity index (χ1n) is 13.0. The third-order valence-corrected chi connectivity index (χ3v) is 7.94. The first-order chi connectivity index (χ1) is 19.5. The lowest BCUT2D eigenvalue weighted by molar-refractivity contribution is -0.142.